The van der Waals surface area contributed by atoms with Crippen LogP contribution in [0, 0.1) is 0 Å². The summed E-state index contributed by atoms with van der Waals surface area (Å²) in [5, 5.41) is 16.0. The Kier molecular flexibility index (Phi) is 3.04. The standard InChI is InChI=1S/C11H11ClN6O/c12-18-8-4-2-1-3-7(8)5-9(18)11(19)13-6-10-14-16-17-15-10/h1-4,9H,5-6H2,(H,13,19)(H,14,15,16,17)/t9-/m0/s1. The van der Waals surface area contributed by atoms with Gasteiger partial charge in [-0.25, -0.2) is 0 Å². The molecule has 7 nitrogen and oxygen atoms in total. The molecule has 0 saturated carbocycles. The lowest BCUT2D eigenvalue weighted by Crippen LogP contribution is -2.41. The van der Waals surface area contributed by atoms with E-state index in [-0.39, 0.29) is 12.5 Å². The molecule has 8 heteroatoms. The number of para-hydroxylation sites is 1. The first-order valence-corrected chi connectivity index (χ1v) is 6.12. The van der Waals surface area contributed by atoms with Crippen LogP contribution in [-0.4, -0.2) is 32.6 Å². The van der Waals surface area contributed by atoms with E-state index in [1.54, 1.807) is 0 Å². The highest BCUT2D eigenvalue weighted by atomic mass is 35.5. The van der Waals surface area contributed by atoms with Gasteiger partial charge < -0.3 is 5.32 Å². The Labute approximate surface area is 114 Å². The molecule has 0 aliphatic carbocycles. The average Bonchev–Trinajstić information content (AvgIpc) is 3.05. The summed E-state index contributed by atoms with van der Waals surface area (Å²) in [6, 6.07) is 7.29. The molecular formula is C11H11ClN6O. The maximum atomic E-state index is 12.1. The number of nitrogens with one attached hydrogen (secondary N) is 2. The van der Waals surface area contributed by atoms with Gasteiger partial charge in [0.05, 0.1) is 12.2 Å². The molecule has 2 heterocycles. The third kappa shape index (κ3) is 2.24. The molecule has 1 aromatic heterocycles. The van der Waals surface area contributed by atoms with Crippen LogP contribution in [-0.2, 0) is 17.8 Å². The van der Waals surface area contributed by atoms with Crippen LogP contribution in [0.2, 0.25) is 0 Å². The third-order valence-corrected chi connectivity index (χ3v) is 3.44. The lowest BCUT2D eigenvalue weighted by molar-refractivity contribution is -0.122. The molecule has 3 rings (SSSR count). The highest BCUT2D eigenvalue weighted by Crippen LogP contribution is 2.33. The number of hydrogen-bond acceptors (Lipinski definition) is 5. The van der Waals surface area contributed by atoms with Gasteiger partial charge in [0, 0.05) is 18.2 Å². The molecule has 0 fully saturated rings. The van der Waals surface area contributed by atoms with E-state index in [4.69, 9.17) is 11.8 Å². The van der Waals surface area contributed by atoms with E-state index >= 15 is 0 Å². The summed E-state index contributed by atoms with van der Waals surface area (Å²) in [5.74, 6) is 0.279. The molecule has 2 N–H and O–H groups in total. The second-order valence-corrected chi connectivity index (χ2v) is 4.57. The van der Waals surface area contributed by atoms with Crippen LogP contribution in [0.3, 0.4) is 0 Å². The zero-order valence-corrected chi connectivity index (χ0v) is 10.6. The van der Waals surface area contributed by atoms with Crippen molar-refractivity contribution in [3.05, 3.63) is 35.7 Å². The summed E-state index contributed by atoms with van der Waals surface area (Å²) in [4.78, 5) is 12.1. The van der Waals surface area contributed by atoms with Gasteiger partial charge >= 0.3 is 0 Å². The third-order valence-electron chi connectivity index (χ3n) is 3.02. The van der Waals surface area contributed by atoms with Gasteiger partial charge in [-0.3, -0.25) is 9.21 Å². The van der Waals surface area contributed by atoms with E-state index < -0.39 is 6.04 Å². The van der Waals surface area contributed by atoms with E-state index in [9.17, 15) is 4.79 Å². The fourth-order valence-electron chi connectivity index (χ4n) is 2.09. The monoisotopic (exact) mass is 278 g/mol. The van der Waals surface area contributed by atoms with Gasteiger partial charge in [0.2, 0.25) is 5.91 Å². The second-order valence-electron chi connectivity index (χ2n) is 4.21. The number of rotatable bonds is 3. The minimum atomic E-state index is -0.411. The Balaban J connectivity index is 1.66. The number of fused-ring (bicyclic) bond motifs is 1. The number of halogens is 1. The molecule has 1 aliphatic rings. The quantitative estimate of drug-likeness (QED) is 0.794. The minimum Gasteiger partial charge on any atom is -0.347 e. The average molecular weight is 279 g/mol. The van der Waals surface area contributed by atoms with Gasteiger partial charge in [0.15, 0.2) is 5.82 Å². The number of hydrogen-bond donors (Lipinski definition) is 2. The first kappa shape index (κ1) is 11.9. The Hall–Kier alpha value is -2.15. The first-order valence-electron chi connectivity index (χ1n) is 5.78. The lowest BCUT2D eigenvalue weighted by Gasteiger charge is -2.18. The highest BCUT2D eigenvalue weighted by Gasteiger charge is 2.33. The maximum Gasteiger partial charge on any atom is 0.244 e. The van der Waals surface area contributed by atoms with Crippen molar-refractivity contribution in [1.82, 2.24) is 25.9 Å². The van der Waals surface area contributed by atoms with E-state index in [1.165, 1.54) is 4.42 Å². The number of anilines is 1. The van der Waals surface area contributed by atoms with Gasteiger partial charge in [0.25, 0.3) is 0 Å². The maximum absolute atomic E-state index is 12.1. The SMILES string of the molecule is O=C(NCc1nn[nH]n1)[C@@H]1Cc2ccccc2N1Cl. The number of aromatic amines is 1. The summed E-state index contributed by atoms with van der Waals surface area (Å²) in [7, 11) is 0. The summed E-state index contributed by atoms with van der Waals surface area (Å²) >= 11 is 6.19. The molecule has 1 aromatic carbocycles. The Morgan fingerprint density at radius 2 is 2.37 bits per heavy atom. The van der Waals surface area contributed by atoms with Crippen LogP contribution in [0.15, 0.2) is 24.3 Å². The number of aromatic nitrogens is 4. The normalized spacial score (nSPS) is 17.3. The lowest BCUT2D eigenvalue weighted by atomic mass is 10.1. The number of benzene rings is 1. The van der Waals surface area contributed by atoms with Gasteiger partial charge in [-0.15, -0.1) is 10.2 Å². The highest BCUT2D eigenvalue weighted by molar-refractivity contribution is 6.28. The number of H-pyrrole nitrogens is 1. The van der Waals surface area contributed by atoms with E-state index in [2.05, 4.69) is 25.9 Å². The number of nitrogens with zero attached hydrogens (tertiary/aromatic N) is 4. The molecular weight excluding hydrogens is 268 g/mol. The molecule has 1 atom stereocenters. The van der Waals surface area contributed by atoms with Crippen LogP contribution in [0.5, 0.6) is 0 Å². The number of carbonyl (C=O) groups excluding carboxylic acids is 1. The van der Waals surface area contributed by atoms with Crippen LogP contribution >= 0.6 is 11.8 Å². The molecule has 1 aliphatic heterocycles. The van der Waals surface area contributed by atoms with Gasteiger partial charge in [-0.05, 0) is 11.6 Å². The molecule has 0 bridgehead atoms. The van der Waals surface area contributed by atoms with Crippen LogP contribution in [0.4, 0.5) is 5.69 Å². The van der Waals surface area contributed by atoms with Crippen molar-refractivity contribution in [3.63, 3.8) is 0 Å². The van der Waals surface area contributed by atoms with Crippen molar-refractivity contribution in [3.8, 4) is 0 Å². The Morgan fingerprint density at radius 1 is 1.53 bits per heavy atom. The molecule has 1 amide bonds. The smallest absolute Gasteiger partial charge is 0.244 e. The van der Waals surface area contributed by atoms with Gasteiger partial charge in [0.1, 0.15) is 6.04 Å². The van der Waals surface area contributed by atoms with Crippen molar-refractivity contribution >= 4 is 23.4 Å². The minimum absolute atomic E-state index is 0.156. The topological polar surface area (TPSA) is 86.8 Å². The zero-order chi connectivity index (χ0) is 13.2. The predicted molar refractivity (Wildman–Crippen MR) is 68.3 cm³/mol. The van der Waals surface area contributed by atoms with E-state index in [0.29, 0.717) is 12.2 Å². The van der Waals surface area contributed by atoms with Crippen molar-refractivity contribution in [1.29, 1.82) is 0 Å². The number of tetrazole rings is 1. The van der Waals surface area contributed by atoms with Crippen LogP contribution in [0.1, 0.15) is 11.4 Å². The molecule has 0 radical (unpaired) electrons. The van der Waals surface area contributed by atoms with E-state index in [1.807, 2.05) is 24.3 Å². The molecule has 2 aromatic rings. The number of carbonyl (C=O) groups is 1. The largest absolute Gasteiger partial charge is 0.347 e. The summed E-state index contributed by atoms with van der Waals surface area (Å²) < 4.78 is 1.47. The molecule has 0 spiro atoms. The summed E-state index contributed by atoms with van der Waals surface area (Å²) in [6.45, 7) is 0.229. The van der Waals surface area contributed by atoms with Crippen LogP contribution in [0.25, 0.3) is 0 Å². The molecule has 98 valence electrons. The second kappa shape index (κ2) is 4.85. The summed E-state index contributed by atoms with van der Waals surface area (Å²) in [6.07, 6.45) is 0.595. The number of amides is 1. The molecule has 0 saturated heterocycles. The van der Waals surface area contributed by atoms with Gasteiger partial charge in [-0.2, -0.15) is 5.21 Å². The van der Waals surface area contributed by atoms with Crippen molar-refractivity contribution in [2.75, 3.05) is 4.42 Å². The Bertz CT molecular complexity index is 587. The van der Waals surface area contributed by atoms with Crippen molar-refractivity contribution in [2.45, 2.75) is 19.0 Å². The predicted octanol–water partition coefficient (Wildman–Crippen LogP) is 0.401. The molecule has 0 unspecified atom stereocenters. The summed E-state index contributed by atoms with van der Waals surface area (Å²) in [5.41, 5.74) is 1.95. The first-order chi connectivity index (χ1) is 9.25. The van der Waals surface area contributed by atoms with E-state index in [0.717, 1.165) is 11.3 Å². The zero-order valence-electron chi connectivity index (χ0n) is 9.88. The fourth-order valence-corrected chi connectivity index (χ4v) is 2.41. The fraction of sp³-hybridized carbons (Fsp3) is 0.273. The van der Waals surface area contributed by atoms with Crippen LogP contribution < -0.4 is 9.74 Å². The Morgan fingerprint density at radius 3 is 3.11 bits per heavy atom. The molecule has 19 heavy (non-hydrogen) atoms. The van der Waals surface area contributed by atoms with Crippen molar-refractivity contribution in [2.24, 2.45) is 0 Å². The van der Waals surface area contributed by atoms with Gasteiger partial charge in [-0.1, -0.05) is 23.4 Å². The van der Waals surface area contributed by atoms with Crippen molar-refractivity contribution < 1.29 is 4.79 Å².